The number of ketones is 2. The lowest BCUT2D eigenvalue weighted by atomic mass is 9.80. The van der Waals surface area contributed by atoms with Crippen molar-refractivity contribution in [1.29, 1.82) is 0 Å². The first kappa shape index (κ1) is 36.4. The zero-order valence-electron chi connectivity index (χ0n) is 26.7. The molecule has 3 aliphatic rings. The minimum Gasteiger partial charge on any atom is -0.363 e. The van der Waals surface area contributed by atoms with Crippen molar-refractivity contribution in [2.45, 2.75) is 142 Å². The van der Waals surface area contributed by atoms with Crippen molar-refractivity contribution in [2.24, 2.45) is 28.7 Å². The van der Waals surface area contributed by atoms with Gasteiger partial charge in [0.25, 0.3) is 5.91 Å². The molecule has 11 nitrogen and oxygen atoms in total. The SMILES string of the molecule is CCCC(=O)C(NC(=O)NC(C(=O)N1CCCC1C=O)C(C)(C)CC)C1CCCCC1.NC(=O)C(=O)C(N)CC1CCC1. The average Bonchev–Trinajstić information content (AvgIpc) is 3.45. The molecule has 3 rings (SSSR count). The van der Waals surface area contributed by atoms with Crippen molar-refractivity contribution in [3.8, 4) is 0 Å². The van der Waals surface area contributed by atoms with Crippen LogP contribution in [0.4, 0.5) is 4.79 Å². The number of nitrogens with two attached hydrogens (primary N) is 2. The number of hydrogen-bond donors (Lipinski definition) is 4. The molecule has 3 fully saturated rings. The van der Waals surface area contributed by atoms with Gasteiger partial charge in [0.1, 0.15) is 12.3 Å². The highest BCUT2D eigenvalue weighted by molar-refractivity contribution is 6.37. The number of Topliss-reactive ketones (excluding diaryl/α,β-unsaturated/α-hetero) is 2. The van der Waals surface area contributed by atoms with Crippen LogP contribution in [-0.4, -0.2) is 71.3 Å². The second-order valence-corrected chi connectivity index (χ2v) is 13.2. The lowest BCUT2D eigenvalue weighted by Gasteiger charge is -2.37. The molecule has 0 aromatic rings. The summed E-state index contributed by atoms with van der Waals surface area (Å²) >= 11 is 0. The predicted octanol–water partition coefficient (Wildman–Crippen LogP) is 3.16. The number of likely N-dealkylation sites (tertiary alicyclic amines) is 1. The fourth-order valence-electron chi connectivity index (χ4n) is 6.19. The first-order valence-electron chi connectivity index (χ1n) is 16.3. The smallest absolute Gasteiger partial charge is 0.316 e. The van der Waals surface area contributed by atoms with Gasteiger partial charge < -0.3 is 31.8 Å². The zero-order chi connectivity index (χ0) is 32.2. The maximum Gasteiger partial charge on any atom is 0.316 e. The molecule has 2 aliphatic carbocycles. The maximum atomic E-state index is 13.3. The van der Waals surface area contributed by atoms with Crippen LogP contribution in [0.2, 0.25) is 0 Å². The highest BCUT2D eigenvalue weighted by atomic mass is 16.2. The molecule has 4 unspecified atom stereocenters. The normalized spacial score (nSPS) is 21.3. The fraction of sp³-hybridized carbons (Fsp3) is 0.812. The van der Waals surface area contributed by atoms with Gasteiger partial charge in [-0.3, -0.25) is 19.2 Å². The first-order valence-corrected chi connectivity index (χ1v) is 16.3. The number of aldehydes is 1. The largest absolute Gasteiger partial charge is 0.363 e. The Kier molecular flexibility index (Phi) is 14.8. The minimum absolute atomic E-state index is 0.0720. The minimum atomic E-state index is -0.915. The number of nitrogens with zero attached hydrogens (tertiary/aromatic N) is 1. The highest BCUT2D eigenvalue weighted by Crippen LogP contribution is 2.31. The van der Waals surface area contributed by atoms with Crippen molar-refractivity contribution in [3.63, 3.8) is 0 Å². The van der Waals surface area contributed by atoms with Crippen molar-refractivity contribution in [2.75, 3.05) is 6.54 Å². The quantitative estimate of drug-likeness (QED) is 0.173. The highest BCUT2D eigenvalue weighted by Gasteiger charge is 2.41. The number of urea groups is 1. The van der Waals surface area contributed by atoms with Crippen molar-refractivity contribution in [1.82, 2.24) is 15.5 Å². The van der Waals surface area contributed by atoms with Gasteiger partial charge in [0.05, 0.1) is 18.1 Å². The Balaban J connectivity index is 0.000000448. The van der Waals surface area contributed by atoms with Crippen LogP contribution in [0.5, 0.6) is 0 Å². The lowest BCUT2D eigenvalue weighted by molar-refractivity contribution is -0.139. The Hall–Kier alpha value is -2.82. The standard InChI is InChI=1S/C24H41N3O4.C8H14N2O2/c1-5-11-19(29)20(17-12-8-7-9-13-17)25-23(31)26-21(24(3,4)6-2)22(30)27-15-10-14-18(27)16-28;9-6(7(11)8(10)12)4-5-2-1-3-5/h16-18,20-21H,5-15H2,1-4H3,(H2,25,26,31);5-6H,1-4,9H2,(H2,10,12). The summed E-state index contributed by atoms with van der Waals surface area (Å²) in [6, 6.07) is -2.83. The summed E-state index contributed by atoms with van der Waals surface area (Å²) in [6.07, 6.45) is 13.4. The molecule has 4 amide bonds. The Labute approximate surface area is 257 Å². The molecule has 0 spiro atoms. The molecule has 2 saturated carbocycles. The third-order valence-corrected chi connectivity index (χ3v) is 9.60. The van der Waals surface area contributed by atoms with E-state index in [1.165, 1.54) is 12.8 Å². The maximum absolute atomic E-state index is 13.3. The lowest BCUT2D eigenvalue weighted by Crippen LogP contribution is -2.60. The molecule has 0 aromatic carbocycles. The summed E-state index contributed by atoms with van der Waals surface area (Å²) in [7, 11) is 0. The van der Waals surface area contributed by atoms with Gasteiger partial charge in [-0.15, -0.1) is 0 Å². The molecule has 6 N–H and O–H groups in total. The Morgan fingerprint density at radius 3 is 2.09 bits per heavy atom. The van der Waals surface area contributed by atoms with Crippen LogP contribution in [0.25, 0.3) is 0 Å². The number of hydrogen-bond acceptors (Lipinski definition) is 7. The van der Waals surface area contributed by atoms with Crippen LogP contribution in [0.1, 0.15) is 118 Å². The molecule has 0 bridgehead atoms. The number of amides is 4. The molecule has 1 saturated heterocycles. The Morgan fingerprint density at radius 2 is 1.58 bits per heavy atom. The third-order valence-electron chi connectivity index (χ3n) is 9.60. The van der Waals surface area contributed by atoms with E-state index < -0.39 is 47.3 Å². The fourth-order valence-corrected chi connectivity index (χ4v) is 6.19. The number of rotatable bonds is 14. The summed E-state index contributed by atoms with van der Waals surface area (Å²) in [5.74, 6) is -1.01. The second kappa shape index (κ2) is 17.5. The van der Waals surface area contributed by atoms with E-state index in [0.717, 1.165) is 57.7 Å². The number of carbonyl (C=O) groups is 6. The van der Waals surface area contributed by atoms with Gasteiger partial charge in [-0.05, 0) is 62.2 Å². The third kappa shape index (κ3) is 10.7. The van der Waals surface area contributed by atoms with E-state index in [1.54, 1.807) is 4.90 Å². The van der Waals surface area contributed by atoms with Gasteiger partial charge in [-0.25, -0.2) is 4.79 Å². The molecule has 11 heteroatoms. The molecule has 0 radical (unpaired) electrons. The molecular formula is C32H55N5O6. The second-order valence-electron chi connectivity index (χ2n) is 13.2. The summed E-state index contributed by atoms with van der Waals surface area (Å²) < 4.78 is 0. The van der Waals surface area contributed by atoms with Gasteiger partial charge in [0, 0.05) is 13.0 Å². The summed E-state index contributed by atoms with van der Waals surface area (Å²) in [5.41, 5.74) is 9.79. The van der Waals surface area contributed by atoms with Crippen molar-refractivity contribution >= 4 is 35.7 Å². The monoisotopic (exact) mass is 605 g/mol. The summed E-state index contributed by atoms with van der Waals surface area (Å²) in [6.45, 7) is 8.37. The van der Waals surface area contributed by atoms with Crippen LogP contribution in [0.15, 0.2) is 0 Å². The molecule has 1 heterocycles. The van der Waals surface area contributed by atoms with E-state index in [1.807, 2.05) is 27.7 Å². The van der Waals surface area contributed by atoms with Crippen molar-refractivity contribution in [3.05, 3.63) is 0 Å². The van der Waals surface area contributed by atoms with E-state index in [-0.39, 0.29) is 17.6 Å². The molecule has 4 atom stereocenters. The molecule has 1 aliphatic heterocycles. The van der Waals surface area contributed by atoms with Crippen LogP contribution in [0, 0.1) is 17.3 Å². The summed E-state index contributed by atoms with van der Waals surface area (Å²) in [4.78, 5) is 73.5. The van der Waals surface area contributed by atoms with Crippen LogP contribution in [0.3, 0.4) is 0 Å². The van der Waals surface area contributed by atoms with Crippen LogP contribution >= 0.6 is 0 Å². The number of primary amides is 1. The zero-order valence-corrected chi connectivity index (χ0v) is 26.7. The van der Waals surface area contributed by atoms with Gasteiger partial charge >= 0.3 is 6.03 Å². The molecule has 0 aromatic heterocycles. The van der Waals surface area contributed by atoms with Gasteiger partial charge in [-0.2, -0.15) is 0 Å². The Bertz CT molecular complexity index is 975. The number of carbonyl (C=O) groups excluding carboxylic acids is 6. The van der Waals surface area contributed by atoms with Crippen LogP contribution < -0.4 is 22.1 Å². The predicted molar refractivity (Wildman–Crippen MR) is 165 cm³/mol. The van der Waals surface area contributed by atoms with E-state index in [9.17, 15) is 28.8 Å². The summed E-state index contributed by atoms with van der Waals surface area (Å²) in [5, 5.41) is 5.82. The van der Waals surface area contributed by atoms with E-state index in [0.29, 0.717) is 38.1 Å². The molecule has 43 heavy (non-hydrogen) atoms. The topological polar surface area (TPSA) is 182 Å². The number of nitrogens with one attached hydrogen (secondary N) is 2. The van der Waals surface area contributed by atoms with Gasteiger partial charge in [0.15, 0.2) is 5.78 Å². The molecule has 244 valence electrons. The molecular weight excluding hydrogens is 550 g/mol. The van der Waals surface area contributed by atoms with Gasteiger partial charge in [0.2, 0.25) is 11.7 Å². The van der Waals surface area contributed by atoms with E-state index in [4.69, 9.17) is 11.5 Å². The van der Waals surface area contributed by atoms with Gasteiger partial charge in [-0.1, -0.05) is 66.2 Å². The van der Waals surface area contributed by atoms with Crippen molar-refractivity contribution < 1.29 is 28.8 Å². The van der Waals surface area contributed by atoms with E-state index >= 15 is 0 Å². The van der Waals surface area contributed by atoms with E-state index in [2.05, 4.69) is 10.6 Å². The average molecular weight is 606 g/mol. The Morgan fingerprint density at radius 1 is 0.930 bits per heavy atom. The van der Waals surface area contributed by atoms with Crippen LogP contribution in [-0.2, 0) is 24.0 Å². The first-order chi connectivity index (χ1) is 20.4.